The van der Waals surface area contributed by atoms with Crippen molar-refractivity contribution < 1.29 is 18.3 Å². The summed E-state index contributed by atoms with van der Waals surface area (Å²) in [4.78, 5) is 0.170. The molecule has 1 saturated heterocycles. The van der Waals surface area contributed by atoms with Crippen LogP contribution in [-0.2, 0) is 10.0 Å². The molecule has 0 aromatic heterocycles. The number of sulfonamides is 1. The van der Waals surface area contributed by atoms with Crippen molar-refractivity contribution in [2.24, 2.45) is 5.92 Å². The van der Waals surface area contributed by atoms with E-state index in [0.717, 1.165) is 15.7 Å². The van der Waals surface area contributed by atoms with Crippen LogP contribution in [0.5, 0.6) is 5.75 Å². The lowest BCUT2D eigenvalue weighted by atomic mass is 9.84. The monoisotopic (exact) mass is 452 g/mol. The molecule has 144 valence electrons. The van der Waals surface area contributed by atoms with Crippen molar-refractivity contribution >= 4 is 31.6 Å². The number of benzene rings is 2. The molecule has 4 rings (SSSR count). The minimum Gasteiger partial charge on any atom is -0.495 e. The van der Waals surface area contributed by atoms with Crippen LogP contribution < -0.4 is 10.1 Å². The third-order valence-electron chi connectivity index (χ3n) is 5.44. The molecule has 1 fully saturated rings. The van der Waals surface area contributed by atoms with E-state index >= 15 is 0 Å². The van der Waals surface area contributed by atoms with Gasteiger partial charge in [-0.05, 0) is 42.3 Å². The molecule has 3 atom stereocenters. The Balaban J connectivity index is 1.83. The first-order valence-electron chi connectivity index (χ1n) is 8.79. The molecular weight excluding hydrogens is 432 g/mol. The molecule has 0 bridgehead atoms. The van der Waals surface area contributed by atoms with Crippen molar-refractivity contribution in [1.29, 1.82) is 0 Å². The highest BCUT2D eigenvalue weighted by molar-refractivity contribution is 9.10. The minimum absolute atomic E-state index is 0.00119. The van der Waals surface area contributed by atoms with Gasteiger partial charge in [0.1, 0.15) is 10.6 Å². The van der Waals surface area contributed by atoms with E-state index in [1.807, 2.05) is 18.2 Å². The van der Waals surface area contributed by atoms with Gasteiger partial charge in [-0.25, -0.2) is 8.42 Å². The standard InChI is InChI=1S/C19H21BrN2O4S/c1-26-17-4-2-3-5-18(17)27(24,25)22-9-8-13-16(11-23)21-15-7-6-12(20)10-14(15)19(13)22/h2-7,10,13,16,19,21,23H,8-9,11H2,1H3/t13-,16-,19-/m0/s1. The number of aliphatic hydroxyl groups excluding tert-OH is 1. The molecule has 0 saturated carbocycles. The van der Waals surface area contributed by atoms with Gasteiger partial charge in [-0.15, -0.1) is 0 Å². The number of rotatable bonds is 4. The summed E-state index contributed by atoms with van der Waals surface area (Å²) in [6, 6.07) is 12.0. The van der Waals surface area contributed by atoms with Crippen LogP contribution in [0.1, 0.15) is 18.0 Å². The van der Waals surface area contributed by atoms with Gasteiger partial charge in [0.05, 0.1) is 25.8 Å². The maximum Gasteiger partial charge on any atom is 0.247 e. The van der Waals surface area contributed by atoms with Crippen LogP contribution in [0.3, 0.4) is 0 Å². The first-order chi connectivity index (χ1) is 13.0. The Morgan fingerprint density at radius 1 is 1.30 bits per heavy atom. The highest BCUT2D eigenvalue weighted by Crippen LogP contribution is 2.49. The predicted molar refractivity (Wildman–Crippen MR) is 106 cm³/mol. The van der Waals surface area contributed by atoms with Crippen LogP contribution in [0.15, 0.2) is 51.8 Å². The van der Waals surface area contributed by atoms with E-state index in [9.17, 15) is 13.5 Å². The summed E-state index contributed by atoms with van der Waals surface area (Å²) in [5.41, 5.74) is 1.79. The number of fused-ring (bicyclic) bond motifs is 3. The van der Waals surface area contributed by atoms with Crippen molar-refractivity contribution in [2.45, 2.75) is 23.4 Å². The molecule has 0 aliphatic carbocycles. The number of nitrogens with one attached hydrogen (secondary N) is 1. The van der Waals surface area contributed by atoms with Gasteiger partial charge < -0.3 is 15.2 Å². The third kappa shape index (κ3) is 3.04. The van der Waals surface area contributed by atoms with Crippen molar-refractivity contribution in [3.05, 3.63) is 52.5 Å². The number of para-hydroxylation sites is 1. The molecule has 2 N–H and O–H groups in total. The number of halogens is 1. The topological polar surface area (TPSA) is 78.9 Å². The SMILES string of the molecule is COc1ccccc1S(=O)(=O)N1CC[C@H]2[C@H](CO)Nc3ccc(Br)cc3[C@H]21. The number of aliphatic hydroxyl groups is 1. The molecule has 0 radical (unpaired) electrons. The van der Waals surface area contributed by atoms with Crippen LogP contribution in [-0.4, -0.2) is 44.1 Å². The fraction of sp³-hybridized carbons (Fsp3) is 0.368. The summed E-state index contributed by atoms with van der Waals surface area (Å²) >= 11 is 3.49. The van der Waals surface area contributed by atoms with E-state index in [1.54, 1.807) is 28.6 Å². The van der Waals surface area contributed by atoms with Gasteiger partial charge in [0.25, 0.3) is 0 Å². The summed E-state index contributed by atoms with van der Waals surface area (Å²) in [7, 11) is -2.28. The fourth-order valence-corrected chi connectivity index (χ4v) is 6.42. The van der Waals surface area contributed by atoms with E-state index in [-0.39, 0.29) is 29.5 Å². The van der Waals surface area contributed by atoms with Gasteiger partial charge >= 0.3 is 0 Å². The average Bonchev–Trinajstić information content (AvgIpc) is 3.14. The molecule has 2 heterocycles. The average molecular weight is 453 g/mol. The summed E-state index contributed by atoms with van der Waals surface area (Å²) < 4.78 is 34.8. The largest absolute Gasteiger partial charge is 0.495 e. The number of methoxy groups -OCH3 is 1. The molecule has 0 unspecified atom stereocenters. The highest BCUT2D eigenvalue weighted by atomic mass is 79.9. The normalized spacial score (nSPS) is 24.8. The smallest absolute Gasteiger partial charge is 0.247 e. The van der Waals surface area contributed by atoms with Gasteiger partial charge in [0.2, 0.25) is 10.0 Å². The zero-order valence-electron chi connectivity index (χ0n) is 14.8. The Morgan fingerprint density at radius 2 is 2.07 bits per heavy atom. The van der Waals surface area contributed by atoms with Crippen LogP contribution >= 0.6 is 15.9 Å². The second kappa shape index (κ2) is 7.09. The molecular formula is C19H21BrN2O4S. The quantitative estimate of drug-likeness (QED) is 0.745. The maximum absolute atomic E-state index is 13.5. The minimum atomic E-state index is -3.76. The van der Waals surface area contributed by atoms with Crippen LogP contribution in [0, 0.1) is 5.92 Å². The number of hydrogen-bond donors (Lipinski definition) is 2. The van der Waals surface area contributed by atoms with E-state index in [1.165, 1.54) is 7.11 Å². The first kappa shape index (κ1) is 18.7. The van der Waals surface area contributed by atoms with E-state index in [0.29, 0.717) is 18.7 Å². The Hall–Kier alpha value is -1.61. The zero-order valence-corrected chi connectivity index (χ0v) is 17.2. The summed E-state index contributed by atoms with van der Waals surface area (Å²) in [6.07, 6.45) is 0.684. The molecule has 2 aliphatic heterocycles. The van der Waals surface area contributed by atoms with Crippen molar-refractivity contribution in [1.82, 2.24) is 4.31 Å². The Kier molecular flexibility index (Phi) is 4.92. The first-order valence-corrected chi connectivity index (χ1v) is 11.0. The van der Waals surface area contributed by atoms with E-state index in [4.69, 9.17) is 4.74 Å². The van der Waals surface area contributed by atoms with Crippen LogP contribution in [0.4, 0.5) is 5.69 Å². The molecule has 2 aliphatic rings. The van der Waals surface area contributed by atoms with Crippen LogP contribution in [0.2, 0.25) is 0 Å². The second-order valence-corrected chi connectivity index (χ2v) is 9.60. The Bertz CT molecular complexity index is 966. The van der Waals surface area contributed by atoms with Crippen LogP contribution in [0.25, 0.3) is 0 Å². The van der Waals surface area contributed by atoms with Gasteiger partial charge in [0.15, 0.2) is 0 Å². The Labute approximate surface area is 167 Å². The van der Waals surface area contributed by atoms with E-state index in [2.05, 4.69) is 21.2 Å². The van der Waals surface area contributed by atoms with Gasteiger partial charge in [-0.1, -0.05) is 28.1 Å². The summed E-state index contributed by atoms with van der Waals surface area (Å²) in [5, 5.41) is 13.2. The molecule has 27 heavy (non-hydrogen) atoms. The number of anilines is 1. The van der Waals surface area contributed by atoms with Crippen molar-refractivity contribution in [2.75, 3.05) is 25.6 Å². The molecule has 6 nitrogen and oxygen atoms in total. The number of ether oxygens (including phenoxy) is 1. The molecule has 0 amide bonds. The lowest BCUT2D eigenvalue weighted by molar-refractivity contribution is 0.210. The third-order valence-corrected chi connectivity index (χ3v) is 7.85. The molecule has 2 aromatic rings. The number of nitrogens with zero attached hydrogens (tertiary/aromatic N) is 1. The maximum atomic E-state index is 13.5. The second-order valence-electron chi connectivity index (χ2n) is 6.83. The lowest BCUT2D eigenvalue weighted by Gasteiger charge is -2.38. The number of hydrogen-bond acceptors (Lipinski definition) is 5. The molecule has 0 spiro atoms. The van der Waals surface area contributed by atoms with E-state index < -0.39 is 10.0 Å². The molecule has 2 aromatic carbocycles. The van der Waals surface area contributed by atoms with Gasteiger partial charge in [0, 0.05) is 22.6 Å². The highest BCUT2D eigenvalue weighted by Gasteiger charge is 2.49. The predicted octanol–water partition coefficient (Wildman–Crippen LogP) is 3.00. The van der Waals surface area contributed by atoms with Crippen molar-refractivity contribution in [3.63, 3.8) is 0 Å². The zero-order chi connectivity index (χ0) is 19.2. The fourth-order valence-electron chi connectivity index (χ4n) is 4.22. The Morgan fingerprint density at radius 3 is 2.81 bits per heavy atom. The lowest BCUT2D eigenvalue weighted by Crippen LogP contribution is -2.42. The van der Waals surface area contributed by atoms with Gasteiger partial charge in [-0.3, -0.25) is 0 Å². The molecule has 8 heteroatoms. The van der Waals surface area contributed by atoms with Gasteiger partial charge in [-0.2, -0.15) is 4.31 Å². The summed E-state index contributed by atoms with van der Waals surface area (Å²) in [5.74, 6) is 0.337. The van der Waals surface area contributed by atoms with Crippen molar-refractivity contribution in [3.8, 4) is 5.75 Å². The summed E-state index contributed by atoms with van der Waals surface area (Å²) in [6.45, 7) is 0.360.